The van der Waals surface area contributed by atoms with Crippen molar-refractivity contribution >= 4 is 5.71 Å². The van der Waals surface area contributed by atoms with Crippen LogP contribution in [0.5, 0.6) is 5.75 Å². The highest BCUT2D eigenvalue weighted by molar-refractivity contribution is 6.14. The lowest BCUT2D eigenvalue weighted by molar-refractivity contribution is 0.113. The third-order valence-electron chi connectivity index (χ3n) is 3.36. The van der Waals surface area contributed by atoms with Gasteiger partial charge in [-0.15, -0.1) is 0 Å². The molecule has 1 atom stereocenters. The van der Waals surface area contributed by atoms with Gasteiger partial charge in [0.1, 0.15) is 18.5 Å². The van der Waals surface area contributed by atoms with E-state index < -0.39 is 6.10 Å². The molecule has 1 aliphatic rings. The van der Waals surface area contributed by atoms with E-state index in [-0.39, 0.29) is 6.61 Å². The highest BCUT2D eigenvalue weighted by Gasteiger charge is 2.17. The van der Waals surface area contributed by atoms with Gasteiger partial charge in [0.05, 0.1) is 12.3 Å². The number of benzene rings is 2. The van der Waals surface area contributed by atoms with E-state index >= 15 is 0 Å². The van der Waals surface area contributed by atoms with E-state index in [0.717, 1.165) is 22.6 Å². The molecule has 3 rings (SSSR count). The first-order valence-electron chi connectivity index (χ1n) is 6.76. The zero-order valence-corrected chi connectivity index (χ0v) is 11.4. The Hall–Kier alpha value is -2.13. The van der Waals surface area contributed by atoms with Crippen LogP contribution in [0.4, 0.5) is 0 Å². The molecule has 3 heteroatoms. The van der Waals surface area contributed by atoms with E-state index in [1.54, 1.807) is 0 Å². The summed E-state index contributed by atoms with van der Waals surface area (Å²) in [7, 11) is 0. The van der Waals surface area contributed by atoms with Gasteiger partial charge in [0, 0.05) is 11.1 Å². The number of para-hydroxylation sites is 1. The average molecular weight is 267 g/mol. The van der Waals surface area contributed by atoms with E-state index in [9.17, 15) is 5.11 Å². The fourth-order valence-electron chi connectivity index (χ4n) is 2.27. The summed E-state index contributed by atoms with van der Waals surface area (Å²) in [5, 5.41) is 9.82. The van der Waals surface area contributed by atoms with Crippen molar-refractivity contribution in [3.05, 3.63) is 65.2 Å². The molecule has 0 bridgehead atoms. The van der Waals surface area contributed by atoms with Crippen LogP contribution in [0.1, 0.15) is 16.7 Å². The highest BCUT2D eigenvalue weighted by Crippen LogP contribution is 2.24. The molecule has 2 aromatic rings. The van der Waals surface area contributed by atoms with Crippen LogP contribution in [0.25, 0.3) is 0 Å². The number of nitrogens with zero attached hydrogens (tertiary/aromatic N) is 1. The van der Waals surface area contributed by atoms with Gasteiger partial charge in [0.15, 0.2) is 0 Å². The number of aliphatic hydroxyl groups excluding tert-OH is 1. The fourth-order valence-corrected chi connectivity index (χ4v) is 2.27. The third-order valence-corrected chi connectivity index (χ3v) is 3.36. The molecular formula is C17H17NO2. The number of ether oxygens (including phenoxy) is 1. The van der Waals surface area contributed by atoms with Crippen molar-refractivity contribution in [3.8, 4) is 5.75 Å². The molecule has 0 radical (unpaired) electrons. The zero-order chi connectivity index (χ0) is 13.9. The summed E-state index contributed by atoms with van der Waals surface area (Å²) in [6.07, 6.45) is -0.566. The van der Waals surface area contributed by atoms with Gasteiger partial charge in [-0.05, 0) is 19.1 Å². The molecule has 3 nitrogen and oxygen atoms in total. The SMILES string of the molecule is Cc1ccc(C2=NCC(O)COc3ccccc32)cc1. The lowest BCUT2D eigenvalue weighted by Gasteiger charge is -2.19. The molecule has 0 fully saturated rings. The highest BCUT2D eigenvalue weighted by atomic mass is 16.5. The molecule has 102 valence electrons. The number of rotatable bonds is 1. The standard InChI is InChI=1S/C17H17NO2/c1-12-6-8-13(9-7-12)17-15-4-2-3-5-16(15)20-11-14(19)10-18-17/h2-9,14,19H,10-11H2,1H3. The first-order chi connectivity index (χ1) is 9.74. The van der Waals surface area contributed by atoms with Crippen molar-refractivity contribution in [2.75, 3.05) is 13.2 Å². The van der Waals surface area contributed by atoms with Gasteiger partial charge in [-0.3, -0.25) is 4.99 Å². The number of hydrogen-bond acceptors (Lipinski definition) is 3. The van der Waals surface area contributed by atoms with Crippen molar-refractivity contribution in [3.63, 3.8) is 0 Å². The molecular weight excluding hydrogens is 250 g/mol. The lowest BCUT2D eigenvalue weighted by atomic mass is 10.00. The Morgan fingerprint density at radius 3 is 2.65 bits per heavy atom. The summed E-state index contributed by atoms with van der Waals surface area (Å²) >= 11 is 0. The van der Waals surface area contributed by atoms with Crippen LogP contribution in [0.15, 0.2) is 53.5 Å². The summed E-state index contributed by atoms with van der Waals surface area (Å²) < 4.78 is 5.69. The van der Waals surface area contributed by atoms with E-state index in [1.165, 1.54) is 5.56 Å². The molecule has 1 aliphatic heterocycles. The minimum absolute atomic E-state index is 0.279. The summed E-state index contributed by atoms with van der Waals surface area (Å²) in [4.78, 5) is 4.59. The van der Waals surface area contributed by atoms with Crippen LogP contribution in [-0.4, -0.2) is 30.1 Å². The smallest absolute Gasteiger partial charge is 0.128 e. The normalized spacial score (nSPS) is 18.3. The molecule has 1 unspecified atom stereocenters. The summed E-state index contributed by atoms with van der Waals surface area (Å²) in [5.41, 5.74) is 4.10. The molecule has 0 saturated heterocycles. The quantitative estimate of drug-likeness (QED) is 0.863. The Balaban J connectivity index is 2.10. The molecule has 0 aromatic heterocycles. The Morgan fingerprint density at radius 1 is 1.10 bits per heavy atom. The fraction of sp³-hybridized carbons (Fsp3) is 0.235. The van der Waals surface area contributed by atoms with E-state index in [0.29, 0.717) is 6.54 Å². The van der Waals surface area contributed by atoms with Gasteiger partial charge in [0.25, 0.3) is 0 Å². The molecule has 0 amide bonds. The minimum Gasteiger partial charge on any atom is -0.490 e. The molecule has 20 heavy (non-hydrogen) atoms. The summed E-state index contributed by atoms with van der Waals surface area (Å²) in [6.45, 7) is 2.70. The summed E-state index contributed by atoms with van der Waals surface area (Å²) in [5.74, 6) is 0.769. The van der Waals surface area contributed by atoms with Gasteiger partial charge in [0.2, 0.25) is 0 Å². The van der Waals surface area contributed by atoms with Crippen LogP contribution in [0, 0.1) is 6.92 Å². The molecule has 2 aromatic carbocycles. The van der Waals surface area contributed by atoms with Gasteiger partial charge in [-0.2, -0.15) is 0 Å². The Kier molecular flexibility index (Phi) is 3.52. The predicted molar refractivity (Wildman–Crippen MR) is 79.6 cm³/mol. The van der Waals surface area contributed by atoms with Crippen molar-refractivity contribution in [2.24, 2.45) is 4.99 Å². The molecule has 1 N–H and O–H groups in total. The first kappa shape index (κ1) is 12.9. The van der Waals surface area contributed by atoms with E-state index in [2.05, 4.69) is 36.2 Å². The van der Waals surface area contributed by atoms with Crippen LogP contribution in [0.3, 0.4) is 0 Å². The van der Waals surface area contributed by atoms with Crippen molar-refractivity contribution < 1.29 is 9.84 Å². The topological polar surface area (TPSA) is 41.8 Å². The number of fused-ring (bicyclic) bond motifs is 1. The second-order valence-corrected chi connectivity index (χ2v) is 5.02. The second-order valence-electron chi connectivity index (χ2n) is 5.02. The summed E-state index contributed by atoms with van der Waals surface area (Å²) in [6, 6.07) is 16.1. The van der Waals surface area contributed by atoms with Crippen molar-refractivity contribution in [1.29, 1.82) is 0 Å². The van der Waals surface area contributed by atoms with Crippen LogP contribution >= 0.6 is 0 Å². The number of aryl methyl sites for hydroxylation is 1. The van der Waals surface area contributed by atoms with Crippen LogP contribution in [0.2, 0.25) is 0 Å². The molecule has 0 saturated carbocycles. The third kappa shape index (κ3) is 2.58. The maximum atomic E-state index is 9.82. The number of aliphatic hydroxyl groups is 1. The van der Waals surface area contributed by atoms with Gasteiger partial charge >= 0.3 is 0 Å². The van der Waals surface area contributed by atoms with Gasteiger partial charge in [-0.25, -0.2) is 0 Å². The minimum atomic E-state index is -0.566. The van der Waals surface area contributed by atoms with E-state index in [1.807, 2.05) is 24.3 Å². The van der Waals surface area contributed by atoms with Crippen molar-refractivity contribution in [1.82, 2.24) is 0 Å². The monoisotopic (exact) mass is 267 g/mol. The average Bonchev–Trinajstić information content (AvgIpc) is 2.46. The largest absolute Gasteiger partial charge is 0.490 e. The second kappa shape index (κ2) is 5.47. The Labute approximate surface area is 118 Å². The molecule has 0 aliphatic carbocycles. The molecule has 1 heterocycles. The number of aliphatic imine (C=N–C) groups is 1. The number of hydrogen-bond donors (Lipinski definition) is 1. The van der Waals surface area contributed by atoms with Crippen molar-refractivity contribution in [2.45, 2.75) is 13.0 Å². The van der Waals surface area contributed by atoms with Gasteiger partial charge in [-0.1, -0.05) is 42.0 Å². The van der Waals surface area contributed by atoms with Crippen LogP contribution < -0.4 is 4.74 Å². The molecule has 0 spiro atoms. The van der Waals surface area contributed by atoms with Crippen LogP contribution in [-0.2, 0) is 0 Å². The van der Waals surface area contributed by atoms with Gasteiger partial charge < -0.3 is 9.84 Å². The zero-order valence-electron chi connectivity index (χ0n) is 11.4. The maximum Gasteiger partial charge on any atom is 0.128 e. The first-order valence-corrected chi connectivity index (χ1v) is 6.76. The lowest BCUT2D eigenvalue weighted by Crippen LogP contribution is -2.25. The Bertz CT molecular complexity index is 632. The maximum absolute atomic E-state index is 9.82. The Morgan fingerprint density at radius 2 is 1.85 bits per heavy atom. The van der Waals surface area contributed by atoms with E-state index in [4.69, 9.17) is 4.74 Å². The predicted octanol–water partition coefficient (Wildman–Crippen LogP) is 2.59.